The third kappa shape index (κ3) is 2.91. The van der Waals surface area contributed by atoms with Gasteiger partial charge in [0.05, 0.1) is 12.7 Å². The smallest absolute Gasteiger partial charge is 0.186 e. The first-order valence-electron chi connectivity index (χ1n) is 5.47. The van der Waals surface area contributed by atoms with Gasteiger partial charge in [-0.1, -0.05) is 6.92 Å². The number of ether oxygens (including phenoxy) is 2. The summed E-state index contributed by atoms with van der Waals surface area (Å²) in [6, 6.07) is 0. The van der Waals surface area contributed by atoms with Gasteiger partial charge in [-0.25, -0.2) is 0 Å². The number of rotatable bonds is 4. The molecule has 0 spiro atoms. The van der Waals surface area contributed by atoms with Gasteiger partial charge < -0.3 is 29.9 Å². The van der Waals surface area contributed by atoms with Crippen LogP contribution in [-0.2, 0) is 9.47 Å². The summed E-state index contributed by atoms with van der Waals surface area (Å²) in [7, 11) is 0. The van der Waals surface area contributed by atoms with Crippen molar-refractivity contribution in [2.75, 3.05) is 6.61 Å². The Kier molecular flexibility index (Phi) is 5.10. The molecule has 0 aromatic rings. The Morgan fingerprint density at radius 3 is 2.31 bits per heavy atom. The van der Waals surface area contributed by atoms with Gasteiger partial charge in [0.25, 0.3) is 0 Å². The monoisotopic (exact) mass is 236 g/mol. The van der Waals surface area contributed by atoms with Crippen molar-refractivity contribution >= 4 is 0 Å². The molecule has 1 rings (SSSR count). The van der Waals surface area contributed by atoms with E-state index in [1.54, 1.807) is 6.92 Å². The molecule has 0 aromatic heterocycles. The van der Waals surface area contributed by atoms with Gasteiger partial charge in [-0.3, -0.25) is 0 Å². The van der Waals surface area contributed by atoms with Gasteiger partial charge in [-0.2, -0.15) is 0 Å². The molecule has 1 aliphatic heterocycles. The van der Waals surface area contributed by atoms with Crippen LogP contribution in [-0.4, -0.2) is 63.8 Å². The molecule has 1 saturated heterocycles. The third-order valence-electron chi connectivity index (χ3n) is 2.79. The molecule has 4 N–H and O–H groups in total. The zero-order valence-electron chi connectivity index (χ0n) is 9.48. The summed E-state index contributed by atoms with van der Waals surface area (Å²) in [5, 5.41) is 37.6. The van der Waals surface area contributed by atoms with E-state index in [1.807, 2.05) is 6.92 Å². The predicted octanol–water partition coefficient (Wildman–Crippen LogP) is -1.40. The normalized spacial score (nSPS) is 42.0. The van der Waals surface area contributed by atoms with Gasteiger partial charge in [0.15, 0.2) is 6.29 Å². The topological polar surface area (TPSA) is 99.4 Å². The fourth-order valence-electron chi connectivity index (χ4n) is 1.50. The van der Waals surface area contributed by atoms with Gasteiger partial charge in [-0.15, -0.1) is 0 Å². The first-order chi connectivity index (χ1) is 7.51. The summed E-state index contributed by atoms with van der Waals surface area (Å²) in [4.78, 5) is 0. The highest BCUT2D eigenvalue weighted by Gasteiger charge is 2.44. The van der Waals surface area contributed by atoms with E-state index in [4.69, 9.17) is 14.6 Å². The van der Waals surface area contributed by atoms with Gasteiger partial charge in [0, 0.05) is 0 Å². The molecular formula is C10H20O6. The summed E-state index contributed by atoms with van der Waals surface area (Å²) in [6.45, 7) is 3.28. The lowest BCUT2D eigenvalue weighted by Gasteiger charge is -2.40. The van der Waals surface area contributed by atoms with Crippen LogP contribution >= 0.6 is 0 Å². The maximum absolute atomic E-state index is 9.62. The van der Waals surface area contributed by atoms with Crippen molar-refractivity contribution in [1.29, 1.82) is 0 Å². The number of aliphatic hydroxyl groups excluding tert-OH is 4. The van der Waals surface area contributed by atoms with Crippen molar-refractivity contribution in [3.8, 4) is 0 Å². The Morgan fingerprint density at radius 1 is 1.19 bits per heavy atom. The molecule has 0 aliphatic carbocycles. The molecule has 0 aromatic carbocycles. The lowest BCUT2D eigenvalue weighted by Crippen LogP contribution is -2.59. The Morgan fingerprint density at radius 2 is 1.81 bits per heavy atom. The minimum atomic E-state index is -1.38. The minimum Gasteiger partial charge on any atom is -0.394 e. The summed E-state index contributed by atoms with van der Waals surface area (Å²) in [5.41, 5.74) is 0. The number of hydrogen-bond acceptors (Lipinski definition) is 6. The summed E-state index contributed by atoms with van der Waals surface area (Å²) < 4.78 is 10.5. The van der Waals surface area contributed by atoms with Gasteiger partial charge in [-0.05, 0) is 13.3 Å². The molecular weight excluding hydrogens is 216 g/mol. The Labute approximate surface area is 94.4 Å². The average Bonchev–Trinajstić information content (AvgIpc) is 2.29. The highest BCUT2D eigenvalue weighted by Crippen LogP contribution is 2.23. The molecule has 6 nitrogen and oxygen atoms in total. The largest absolute Gasteiger partial charge is 0.394 e. The lowest BCUT2D eigenvalue weighted by molar-refractivity contribution is -0.310. The summed E-state index contributed by atoms with van der Waals surface area (Å²) in [5.74, 6) is 0. The Hall–Kier alpha value is -0.240. The molecule has 16 heavy (non-hydrogen) atoms. The van der Waals surface area contributed by atoms with E-state index in [-0.39, 0.29) is 6.10 Å². The van der Waals surface area contributed by atoms with Crippen molar-refractivity contribution in [2.45, 2.75) is 57.1 Å². The molecule has 6 atom stereocenters. The van der Waals surface area contributed by atoms with Crippen LogP contribution in [0.1, 0.15) is 20.3 Å². The van der Waals surface area contributed by atoms with Crippen LogP contribution in [0.4, 0.5) is 0 Å². The van der Waals surface area contributed by atoms with Crippen LogP contribution in [0.3, 0.4) is 0 Å². The molecule has 1 fully saturated rings. The van der Waals surface area contributed by atoms with Gasteiger partial charge in [0.1, 0.15) is 24.4 Å². The van der Waals surface area contributed by atoms with Crippen molar-refractivity contribution in [2.24, 2.45) is 0 Å². The van der Waals surface area contributed by atoms with Crippen molar-refractivity contribution in [1.82, 2.24) is 0 Å². The molecule has 0 radical (unpaired) electrons. The molecule has 1 aliphatic rings. The first-order valence-corrected chi connectivity index (χ1v) is 5.47. The fraction of sp³-hybridized carbons (Fsp3) is 1.00. The van der Waals surface area contributed by atoms with Crippen LogP contribution in [0.5, 0.6) is 0 Å². The SMILES string of the molecule is CCC(C)OC1OC(CO)C(O)C(O)C1O. The van der Waals surface area contributed by atoms with Gasteiger partial charge in [0.2, 0.25) is 0 Å². The minimum absolute atomic E-state index is 0.138. The Bertz CT molecular complexity index is 209. The summed E-state index contributed by atoms with van der Waals surface area (Å²) >= 11 is 0. The average molecular weight is 236 g/mol. The van der Waals surface area contributed by atoms with Crippen LogP contribution in [0.15, 0.2) is 0 Å². The predicted molar refractivity (Wildman–Crippen MR) is 54.6 cm³/mol. The van der Waals surface area contributed by atoms with E-state index in [1.165, 1.54) is 0 Å². The van der Waals surface area contributed by atoms with Crippen LogP contribution < -0.4 is 0 Å². The van der Waals surface area contributed by atoms with E-state index in [0.29, 0.717) is 0 Å². The summed E-state index contributed by atoms with van der Waals surface area (Å²) in [6.07, 6.45) is -5.36. The van der Waals surface area contributed by atoms with E-state index in [9.17, 15) is 15.3 Å². The molecule has 96 valence electrons. The van der Waals surface area contributed by atoms with Crippen LogP contribution in [0.2, 0.25) is 0 Å². The molecule has 6 heteroatoms. The first kappa shape index (κ1) is 13.8. The zero-order valence-corrected chi connectivity index (χ0v) is 9.48. The van der Waals surface area contributed by atoms with Crippen molar-refractivity contribution < 1.29 is 29.9 Å². The Balaban J connectivity index is 2.63. The molecule has 0 saturated carbocycles. The van der Waals surface area contributed by atoms with Crippen LogP contribution in [0.25, 0.3) is 0 Å². The quantitative estimate of drug-likeness (QED) is 0.479. The number of hydrogen-bond donors (Lipinski definition) is 4. The maximum Gasteiger partial charge on any atom is 0.186 e. The third-order valence-corrected chi connectivity index (χ3v) is 2.79. The van der Waals surface area contributed by atoms with E-state index in [2.05, 4.69) is 0 Å². The second-order valence-corrected chi connectivity index (χ2v) is 4.05. The number of aliphatic hydroxyl groups is 4. The molecule has 0 amide bonds. The van der Waals surface area contributed by atoms with Crippen LogP contribution in [0, 0.1) is 0 Å². The van der Waals surface area contributed by atoms with E-state index >= 15 is 0 Å². The molecule has 6 unspecified atom stereocenters. The highest BCUT2D eigenvalue weighted by molar-refractivity contribution is 4.89. The fourth-order valence-corrected chi connectivity index (χ4v) is 1.50. The van der Waals surface area contributed by atoms with Crippen molar-refractivity contribution in [3.63, 3.8) is 0 Å². The highest BCUT2D eigenvalue weighted by atomic mass is 16.7. The van der Waals surface area contributed by atoms with Crippen molar-refractivity contribution in [3.05, 3.63) is 0 Å². The zero-order chi connectivity index (χ0) is 12.3. The molecule has 1 heterocycles. The van der Waals surface area contributed by atoms with E-state index < -0.39 is 37.3 Å². The maximum atomic E-state index is 9.62. The standard InChI is InChI=1S/C10H20O6/c1-3-5(2)15-10-9(14)8(13)7(12)6(4-11)16-10/h5-14H,3-4H2,1-2H3. The lowest BCUT2D eigenvalue weighted by atomic mass is 9.99. The van der Waals surface area contributed by atoms with E-state index in [0.717, 1.165) is 6.42 Å². The second kappa shape index (κ2) is 5.90. The second-order valence-electron chi connectivity index (χ2n) is 4.05. The molecule has 0 bridgehead atoms. The van der Waals surface area contributed by atoms with Gasteiger partial charge >= 0.3 is 0 Å².